The lowest BCUT2D eigenvalue weighted by molar-refractivity contribution is 0.0325. The number of morpholine rings is 1. The molecule has 0 bridgehead atoms. The van der Waals surface area contributed by atoms with Crippen LogP contribution < -0.4 is 5.73 Å². The third-order valence-electron chi connectivity index (χ3n) is 4.17. The number of benzene rings is 1. The Morgan fingerprint density at radius 1 is 1.33 bits per heavy atom. The first kappa shape index (κ1) is 14.5. The van der Waals surface area contributed by atoms with Crippen molar-refractivity contribution >= 4 is 11.0 Å². The van der Waals surface area contributed by atoms with Crippen LogP contribution in [-0.2, 0) is 11.3 Å². The second-order valence-electron chi connectivity index (χ2n) is 5.86. The van der Waals surface area contributed by atoms with Crippen LogP contribution in [0.1, 0.15) is 24.4 Å². The number of nitrogens with zero attached hydrogens (tertiary/aromatic N) is 3. The molecule has 1 atom stereocenters. The van der Waals surface area contributed by atoms with Crippen molar-refractivity contribution < 1.29 is 4.74 Å². The SMILES string of the molecule is Cc1ccc2c(c1)nc(CN1CCOCC1)n2C(C)CN. The van der Waals surface area contributed by atoms with E-state index in [1.807, 2.05) is 0 Å². The van der Waals surface area contributed by atoms with E-state index in [0.29, 0.717) is 6.54 Å². The summed E-state index contributed by atoms with van der Waals surface area (Å²) in [7, 11) is 0. The molecule has 114 valence electrons. The van der Waals surface area contributed by atoms with Crippen LogP contribution in [0.15, 0.2) is 18.2 Å². The molecule has 3 rings (SSSR count). The van der Waals surface area contributed by atoms with Crippen LogP contribution in [0.4, 0.5) is 0 Å². The van der Waals surface area contributed by atoms with Crippen molar-refractivity contribution in [3.05, 3.63) is 29.6 Å². The molecule has 2 heterocycles. The first-order chi connectivity index (χ1) is 10.2. The van der Waals surface area contributed by atoms with E-state index in [1.165, 1.54) is 11.1 Å². The molecule has 0 amide bonds. The summed E-state index contributed by atoms with van der Waals surface area (Å²) in [4.78, 5) is 7.26. The molecule has 1 aliphatic rings. The van der Waals surface area contributed by atoms with Crippen molar-refractivity contribution in [2.24, 2.45) is 5.73 Å². The van der Waals surface area contributed by atoms with Crippen molar-refractivity contribution in [3.8, 4) is 0 Å². The Kier molecular flexibility index (Phi) is 4.24. The maximum Gasteiger partial charge on any atom is 0.124 e. The molecule has 2 aromatic rings. The maximum atomic E-state index is 5.90. The van der Waals surface area contributed by atoms with Crippen LogP contribution in [0.5, 0.6) is 0 Å². The van der Waals surface area contributed by atoms with E-state index in [0.717, 1.165) is 44.2 Å². The average Bonchev–Trinajstić information content (AvgIpc) is 2.84. The number of aromatic nitrogens is 2. The van der Waals surface area contributed by atoms with Gasteiger partial charge in [-0.25, -0.2) is 4.98 Å². The van der Waals surface area contributed by atoms with E-state index in [4.69, 9.17) is 15.5 Å². The maximum absolute atomic E-state index is 5.90. The van der Waals surface area contributed by atoms with Gasteiger partial charge in [-0.1, -0.05) is 6.07 Å². The summed E-state index contributed by atoms with van der Waals surface area (Å²) in [5, 5.41) is 0. The first-order valence-corrected chi connectivity index (χ1v) is 7.66. The molecular weight excluding hydrogens is 264 g/mol. The van der Waals surface area contributed by atoms with Crippen LogP contribution in [0.25, 0.3) is 11.0 Å². The van der Waals surface area contributed by atoms with E-state index < -0.39 is 0 Å². The fraction of sp³-hybridized carbons (Fsp3) is 0.562. The molecule has 1 aromatic heterocycles. The number of rotatable bonds is 4. The summed E-state index contributed by atoms with van der Waals surface area (Å²) in [5.74, 6) is 1.11. The van der Waals surface area contributed by atoms with Gasteiger partial charge in [-0.2, -0.15) is 0 Å². The smallest absolute Gasteiger partial charge is 0.124 e. The molecule has 1 aromatic carbocycles. The standard InChI is InChI=1S/C16H24N4O/c1-12-3-4-15-14(9-12)18-16(20(15)13(2)10-17)11-19-5-7-21-8-6-19/h3-4,9,13H,5-8,10-11,17H2,1-2H3. The van der Waals surface area contributed by atoms with Gasteiger partial charge in [-0.3, -0.25) is 4.90 Å². The van der Waals surface area contributed by atoms with Crippen LogP contribution in [0, 0.1) is 6.92 Å². The molecule has 21 heavy (non-hydrogen) atoms. The predicted molar refractivity (Wildman–Crippen MR) is 84.3 cm³/mol. The zero-order valence-corrected chi connectivity index (χ0v) is 12.9. The van der Waals surface area contributed by atoms with Crippen molar-refractivity contribution in [1.82, 2.24) is 14.5 Å². The lowest BCUT2D eigenvalue weighted by Gasteiger charge is -2.27. The number of ether oxygens (including phenoxy) is 1. The Bertz CT molecular complexity index is 616. The summed E-state index contributed by atoms with van der Waals surface area (Å²) in [5.41, 5.74) is 9.40. The van der Waals surface area contributed by atoms with Gasteiger partial charge in [0.2, 0.25) is 0 Å². The Labute approximate surface area is 125 Å². The lowest BCUT2D eigenvalue weighted by atomic mass is 10.2. The topological polar surface area (TPSA) is 56.3 Å². The van der Waals surface area contributed by atoms with Gasteiger partial charge >= 0.3 is 0 Å². The Morgan fingerprint density at radius 3 is 2.81 bits per heavy atom. The fourth-order valence-electron chi connectivity index (χ4n) is 2.93. The minimum absolute atomic E-state index is 0.258. The van der Waals surface area contributed by atoms with Gasteiger partial charge in [0.25, 0.3) is 0 Å². The van der Waals surface area contributed by atoms with Gasteiger partial charge in [-0.05, 0) is 31.5 Å². The van der Waals surface area contributed by atoms with E-state index in [9.17, 15) is 0 Å². The molecule has 0 aliphatic carbocycles. The fourth-order valence-corrected chi connectivity index (χ4v) is 2.93. The lowest BCUT2D eigenvalue weighted by Crippen LogP contribution is -2.36. The first-order valence-electron chi connectivity index (χ1n) is 7.66. The molecule has 1 aliphatic heterocycles. The molecule has 0 radical (unpaired) electrons. The second-order valence-corrected chi connectivity index (χ2v) is 5.86. The van der Waals surface area contributed by atoms with Crippen LogP contribution in [-0.4, -0.2) is 47.3 Å². The molecule has 1 unspecified atom stereocenters. The highest BCUT2D eigenvalue weighted by Gasteiger charge is 2.19. The molecule has 5 nitrogen and oxygen atoms in total. The monoisotopic (exact) mass is 288 g/mol. The third-order valence-corrected chi connectivity index (χ3v) is 4.17. The van der Waals surface area contributed by atoms with Crippen molar-refractivity contribution in [2.45, 2.75) is 26.4 Å². The molecule has 1 fully saturated rings. The van der Waals surface area contributed by atoms with Crippen molar-refractivity contribution in [3.63, 3.8) is 0 Å². The molecule has 1 saturated heterocycles. The van der Waals surface area contributed by atoms with E-state index in [1.54, 1.807) is 0 Å². The Morgan fingerprint density at radius 2 is 2.10 bits per heavy atom. The normalized spacial score (nSPS) is 18.2. The Hall–Kier alpha value is -1.43. The predicted octanol–water partition coefficient (Wildman–Crippen LogP) is 1.70. The highest BCUT2D eigenvalue weighted by molar-refractivity contribution is 5.77. The highest BCUT2D eigenvalue weighted by atomic mass is 16.5. The average molecular weight is 288 g/mol. The summed E-state index contributed by atoms with van der Waals surface area (Å²) in [6, 6.07) is 6.71. The number of hydrogen-bond acceptors (Lipinski definition) is 4. The van der Waals surface area contributed by atoms with Crippen LogP contribution in [0.2, 0.25) is 0 Å². The minimum Gasteiger partial charge on any atom is -0.379 e. The van der Waals surface area contributed by atoms with Crippen molar-refractivity contribution in [1.29, 1.82) is 0 Å². The molecule has 5 heteroatoms. The second kappa shape index (κ2) is 6.13. The van der Waals surface area contributed by atoms with E-state index in [2.05, 4.69) is 41.5 Å². The summed E-state index contributed by atoms with van der Waals surface area (Å²) in [6.45, 7) is 9.31. The van der Waals surface area contributed by atoms with E-state index in [-0.39, 0.29) is 6.04 Å². The number of imidazole rings is 1. The molecular formula is C16H24N4O. The van der Waals surface area contributed by atoms with Crippen LogP contribution >= 0.6 is 0 Å². The molecule has 0 spiro atoms. The number of aryl methyl sites for hydroxylation is 1. The summed E-state index contributed by atoms with van der Waals surface area (Å²) < 4.78 is 7.72. The van der Waals surface area contributed by atoms with Crippen molar-refractivity contribution in [2.75, 3.05) is 32.8 Å². The zero-order valence-electron chi connectivity index (χ0n) is 12.9. The zero-order chi connectivity index (χ0) is 14.8. The largest absolute Gasteiger partial charge is 0.379 e. The van der Waals surface area contributed by atoms with E-state index >= 15 is 0 Å². The highest BCUT2D eigenvalue weighted by Crippen LogP contribution is 2.23. The van der Waals surface area contributed by atoms with Gasteiger partial charge in [-0.15, -0.1) is 0 Å². The van der Waals surface area contributed by atoms with Gasteiger partial charge in [0.15, 0.2) is 0 Å². The summed E-state index contributed by atoms with van der Waals surface area (Å²) >= 11 is 0. The van der Waals surface area contributed by atoms with Crippen LogP contribution in [0.3, 0.4) is 0 Å². The molecule has 2 N–H and O–H groups in total. The summed E-state index contributed by atoms with van der Waals surface area (Å²) in [6.07, 6.45) is 0. The minimum atomic E-state index is 0.258. The third kappa shape index (κ3) is 2.95. The number of fused-ring (bicyclic) bond motifs is 1. The van der Waals surface area contributed by atoms with Gasteiger partial charge in [0.1, 0.15) is 5.82 Å². The Balaban J connectivity index is 1.98. The van der Waals surface area contributed by atoms with Gasteiger partial charge in [0.05, 0.1) is 30.8 Å². The number of hydrogen-bond donors (Lipinski definition) is 1. The molecule has 0 saturated carbocycles. The van der Waals surface area contributed by atoms with Gasteiger partial charge in [0, 0.05) is 25.7 Å². The quantitative estimate of drug-likeness (QED) is 0.930. The van der Waals surface area contributed by atoms with Gasteiger partial charge < -0.3 is 15.0 Å². The number of nitrogens with two attached hydrogens (primary N) is 1.